The van der Waals surface area contributed by atoms with Gasteiger partial charge in [-0.1, -0.05) is 11.6 Å². The molecule has 1 aliphatic heterocycles. The van der Waals surface area contributed by atoms with Crippen LogP contribution in [0.4, 0.5) is 11.5 Å². The molecule has 0 aliphatic carbocycles. The molecule has 0 radical (unpaired) electrons. The number of anilines is 1. The van der Waals surface area contributed by atoms with Crippen molar-refractivity contribution >= 4 is 29.0 Å². The summed E-state index contributed by atoms with van der Waals surface area (Å²) in [5.41, 5.74) is -0.360. The Kier molecular flexibility index (Phi) is 3.79. The Bertz CT molecular complexity index is 524. The summed E-state index contributed by atoms with van der Waals surface area (Å²) >= 11 is 5.73. The number of hydrogen-bond acceptors (Lipinski definition) is 6. The maximum absolute atomic E-state index is 11.8. The fraction of sp³-hybridized carbons (Fsp3) is 0.500. The summed E-state index contributed by atoms with van der Waals surface area (Å²) < 4.78 is 0. The molecule has 19 heavy (non-hydrogen) atoms. The quantitative estimate of drug-likeness (QED) is 0.451. The molecule has 0 saturated carbocycles. The number of carbonyl (C=O) groups is 1. The molecule has 0 bridgehead atoms. The van der Waals surface area contributed by atoms with Crippen LogP contribution in [-0.4, -0.2) is 52.4 Å². The molecule has 1 aliphatic rings. The van der Waals surface area contributed by atoms with E-state index in [0.717, 1.165) is 6.33 Å². The van der Waals surface area contributed by atoms with Gasteiger partial charge in [-0.3, -0.25) is 14.9 Å². The van der Waals surface area contributed by atoms with Crippen LogP contribution < -0.4 is 4.90 Å². The Hall–Kier alpha value is -1.96. The van der Waals surface area contributed by atoms with Gasteiger partial charge in [-0.05, 0) is 6.42 Å². The zero-order chi connectivity index (χ0) is 14.0. The molecule has 1 saturated heterocycles. The van der Waals surface area contributed by atoms with Gasteiger partial charge >= 0.3 is 5.69 Å². The first-order valence-electron chi connectivity index (χ1n) is 5.64. The first-order valence-corrected chi connectivity index (χ1v) is 6.02. The number of aromatic nitrogens is 2. The van der Waals surface area contributed by atoms with Crippen molar-refractivity contribution in [3.05, 3.63) is 21.6 Å². The second kappa shape index (κ2) is 5.35. The normalized spacial score (nSPS) is 16.4. The fourth-order valence-corrected chi connectivity index (χ4v) is 2.10. The van der Waals surface area contributed by atoms with E-state index in [9.17, 15) is 14.9 Å². The fourth-order valence-electron chi connectivity index (χ4n) is 1.90. The maximum atomic E-state index is 11.8. The molecule has 1 aromatic heterocycles. The maximum Gasteiger partial charge on any atom is 0.348 e. The number of likely N-dealkylation sites (N-methyl/N-ethyl adjacent to an activating group) is 1. The van der Waals surface area contributed by atoms with E-state index in [1.807, 2.05) is 0 Å². The lowest BCUT2D eigenvalue weighted by Gasteiger charge is -2.20. The van der Waals surface area contributed by atoms with Crippen molar-refractivity contribution in [1.82, 2.24) is 14.9 Å². The van der Waals surface area contributed by atoms with Crippen molar-refractivity contribution in [3.8, 4) is 0 Å². The predicted octanol–water partition coefficient (Wildman–Crippen LogP) is 0.707. The van der Waals surface area contributed by atoms with Crippen LogP contribution in [0.3, 0.4) is 0 Å². The molecule has 0 atom stereocenters. The van der Waals surface area contributed by atoms with Gasteiger partial charge in [0.25, 0.3) is 0 Å². The van der Waals surface area contributed by atoms with Gasteiger partial charge in [0, 0.05) is 20.1 Å². The highest BCUT2D eigenvalue weighted by atomic mass is 35.5. The number of hydrogen-bond donors (Lipinski definition) is 0. The highest BCUT2D eigenvalue weighted by Gasteiger charge is 2.29. The number of rotatable bonds is 2. The van der Waals surface area contributed by atoms with Gasteiger partial charge in [0.15, 0.2) is 0 Å². The van der Waals surface area contributed by atoms with E-state index in [4.69, 9.17) is 11.6 Å². The highest BCUT2D eigenvalue weighted by Crippen LogP contribution is 2.31. The van der Waals surface area contributed by atoms with Gasteiger partial charge in [-0.25, -0.2) is 9.97 Å². The van der Waals surface area contributed by atoms with E-state index in [2.05, 4.69) is 9.97 Å². The third kappa shape index (κ3) is 2.73. The van der Waals surface area contributed by atoms with Crippen LogP contribution >= 0.6 is 11.6 Å². The summed E-state index contributed by atoms with van der Waals surface area (Å²) in [6, 6.07) is 0. The smallest absolute Gasteiger partial charge is 0.344 e. The lowest BCUT2D eigenvalue weighted by Crippen LogP contribution is -2.35. The molecule has 2 rings (SSSR count). The van der Waals surface area contributed by atoms with E-state index >= 15 is 0 Å². The van der Waals surface area contributed by atoms with Gasteiger partial charge in [-0.15, -0.1) is 0 Å². The Balaban J connectivity index is 2.38. The largest absolute Gasteiger partial charge is 0.348 e. The SMILES string of the molecule is CN1CCCN(c2ncnc(Cl)c2[N+](=O)[O-])CC1=O. The zero-order valence-electron chi connectivity index (χ0n) is 10.2. The molecule has 0 N–H and O–H groups in total. The average Bonchev–Trinajstić information content (AvgIpc) is 2.51. The number of nitrogens with zero attached hydrogens (tertiary/aromatic N) is 5. The minimum Gasteiger partial charge on any atom is -0.344 e. The molecule has 1 aromatic rings. The van der Waals surface area contributed by atoms with Gasteiger partial charge in [-0.2, -0.15) is 0 Å². The number of nitro groups is 1. The first-order chi connectivity index (χ1) is 9.00. The molecular weight excluding hydrogens is 274 g/mol. The summed E-state index contributed by atoms with van der Waals surface area (Å²) in [6.45, 7) is 1.16. The first kappa shape index (κ1) is 13.5. The molecular formula is C10H12ClN5O3. The lowest BCUT2D eigenvalue weighted by atomic mass is 10.3. The second-order valence-corrected chi connectivity index (χ2v) is 4.54. The van der Waals surface area contributed by atoms with Gasteiger partial charge in [0.1, 0.15) is 6.33 Å². The summed E-state index contributed by atoms with van der Waals surface area (Å²) in [6.07, 6.45) is 1.87. The zero-order valence-corrected chi connectivity index (χ0v) is 11.0. The Morgan fingerprint density at radius 3 is 2.84 bits per heavy atom. The van der Waals surface area contributed by atoms with E-state index in [1.54, 1.807) is 16.8 Å². The predicted molar refractivity (Wildman–Crippen MR) is 68.2 cm³/mol. The Labute approximate surface area is 114 Å². The van der Waals surface area contributed by atoms with Crippen LogP contribution in [0.2, 0.25) is 5.15 Å². The van der Waals surface area contributed by atoms with Crippen LogP contribution in [-0.2, 0) is 4.79 Å². The van der Waals surface area contributed by atoms with E-state index in [1.165, 1.54) is 0 Å². The molecule has 102 valence electrons. The van der Waals surface area contributed by atoms with Crippen molar-refractivity contribution in [2.24, 2.45) is 0 Å². The third-order valence-corrected chi connectivity index (χ3v) is 3.19. The Morgan fingerprint density at radius 1 is 1.42 bits per heavy atom. The van der Waals surface area contributed by atoms with E-state index in [0.29, 0.717) is 19.5 Å². The van der Waals surface area contributed by atoms with E-state index in [-0.39, 0.29) is 29.1 Å². The summed E-state index contributed by atoms with van der Waals surface area (Å²) in [7, 11) is 1.70. The van der Waals surface area contributed by atoms with Crippen molar-refractivity contribution in [3.63, 3.8) is 0 Å². The van der Waals surface area contributed by atoms with Crippen LogP contribution in [0.15, 0.2) is 6.33 Å². The van der Waals surface area contributed by atoms with Crippen LogP contribution in [0.25, 0.3) is 0 Å². The molecule has 2 heterocycles. The van der Waals surface area contributed by atoms with Crippen LogP contribution in [0, 0.1) is 10.1 Å². The topological polar surface area (TPSA) is 92.5 Å². The standard InChI is InChI=1S/C10H12ClN5O3/c1-14-3-2-4-15(5-7(14)17)10-8(16(18)19)9(11)12-6-13-10/h6H,2-5H2,1H3. The van der Waals surface area contributed by atoms with Crippen molar-refractivity contribution in [2.75, 3.05) is 31.6 Å². The lowest BCUT2D eigenvalue weighted by molar-refractivity contribution is -0.384. The molecule has 0 unspecified atom stereocenters. The monoisotopic (exact) mass is 285 g/mol. The van der Waals surface area contributed by atoms with Gasteiger partial charge in [0.2, 0.25) is 16.9 Å². The van der Waals surface area contributed by atoms with Gasteiger partial charge < -0.3 is 9.80 Å². The van der Waals surface area contributed by atoms with Crippen molar-refractivity contribution in [1.29, 1.82) is 0 Å². The molecule has 0 spiro atoms. The van der Waals surface area contributed by atoms with Crippen molar-refractivity contribution in [2.45, 2.75) is 6.42 Å². The minimum atomic E-state index is -0.628. The average molecular weight is 286 g/mol. The highest BCUT2D eigenvalue weighted by molar-refractivity contribution is 6.31. The minimum absolute atomic E-state index is 0.0463. The van der Waals surface area contributed by atoms with Crippen LogP contribution in [0.1, 0.15) is 6.42 Å². The molecule has 0 aromatic carbocycles. The summed E-state index contributed by atoms with van der Waals surface area (Å²) in [5, 5.41) is 10.8. The number of amides is 1. The summed E-state index contributed by atoms with van der Waals surface area (Å²) in [4.78, 5) is 32.9. The van der Waals surface area contributed by atoms with Crippen molar-refractivity contribution < 1.29 is 9.72 Å². The number of halogens is 1. The summed E-state index contributed by atoms with van der Waals surface area (Å²) in [5.74, 6) is -0.0183. The Morgan fingerprint density at radius 2 is 2.16 bits per heavy atom. The molecule has 9 heteroatoms. The molecule has 1 amide bonds. The number of carbonyl (C=O) groups excluding carboxylic acids is 1. The third-order valence-electron chi connectivity index (χ3n) is 2.91. The second-order valence-electron chi connectivity index (χ2n) is 4.18. The molecule has 1 fully saturated rings. The molecule has 8 nitrogen and oxygen atoms in total. The van der Waals surface area contributed by atoms with E-state index < -0.39 is 4.92 Å². The van der Waals surface area contributed by atoms with Gasteiger partial charge in [0.05, 0.1) is 11.5 Å². The van der Waals surface area contributed by atoms with Crippen LogP contribution in [0.5, 0.6) is 0 Å².